The Balaban J connectivity index is 2.35. The highest BCUT2D eigenvalue weighted by molar-refractivity contribution is 7.96. The first kappa shape index (κ1) is 19.1. The summed E-state index contributed by atoms with van der Waals surface area (Å²) in [5, 5.41) is 2.00. The van der Waals surface area contributed by atoms with Crippen molar-refractivity contribution in [2.45, 2.75) is 42.4 Å². The molecule has 2 atom stereocenters. The molecule has 0 spiro atoms. The van der Waals surface area contributed by atoms with Crippen molar-refractivity contribution in [2.24, 2.45) is 0 Å². The summed E-state index contributed by atoms with van der Waals surface area (Å²) in [5.41, 5.74) is 0.953. The molecule has 1 N–H and O–H groups in total. The summed E-state index contributed by atoms with van der Waals surface area (Å²) in [5.74, 6) is -0.504. The Morgan fingerprint density at radius 2 is 1.79 bits per heavy atom. The van der Waals surface area contributed by atoms with E-state index in [1.165, 1.54) is 0 Å². The van der Waals surface area contributed by atoms with Crippen LogP contribution >= 0.6 is 0 Å². The zero-order chi connectivity index (χ0) is 18.2. The monoisotopic (exact) mass is 371 g/mol. The molecule has 1 aromatic rings. The molecule has 1 aliphatic rings. The molecule has 1 aliphatic heterocycles. The molecule has 1 aromatic carbocycles. The van der Waals surface area contributed by atoms with Crippen molar-refractivity contribution in [1.82, 2.24) is 5.32 Å². The average Bonchev–Trinajstić information content (AvgIpc) is 2.80. The minimum atomic E-state index is -3.73. The number of rotatable bonds is 5. The number of sulfone groups is 2. The first-order valence-corrected chi connectivity index (χ1v) is 11.2. The van der Waals surface area contributed by atoms with Gasteiger partial charge in [-0.2, -0.15) is 0 Å². The van der Waals surface area contributed by atoms with Gasteiger partial charge in [-0.25, -0.2) is 16.8 Å². The molecule has 7 heteroatoms. The number of hydrogen-bond acceptors (Lipinski definition) is 5. The molecule has 0 aliphatic carbocycles. The molecule has 1 heterocycles. The summed E-state index contributed by atoms with van der Waals surface area (Å²) in [6, 6.07) is 6.13. The third kappa shape index (κ3) is 4.07. The van der Waals surface area contributed by atoms with E-state index in [0.717, 1.165) is 5.56 Å². The van der Waals surface area contributed by atoms with Crippen LogP contribution in [0, 0.1) is 0 Å². The Labute approximate surface area is 145 Å². The molecule has 0 bridgehead atoms. The maximum Gasteiger partial charge on any atom is 0.183 e. The molecule has 1 saturated heterocycles. The predicted molar refractivity (Wildman–Crippen MR) is 96.8 cm³/mol. The highest BCUT2D eigenvalue weighted by atomic mass is 32.2. The normalized spacial score (nSPS) is 24.0. The molecule has 0 unspecified atom stereocenters. The molecule has 24 heavy (non-hydrogen) atoms. The molecular weight excluding hydrogens is 346 g/mol. The number of benzene rings is 1. The quantitative estimate of drug-likeness (QED) is 0.797. The van der Waals surface area contributed by atoms with Crippen molar-refractivity contribution in [1.29, 1.82) is 0 Å². The van der Waals surface area contributed by atoms with Gasteiger partial charge in [0.05, 0.1) is 21.7 Å². The van der Waals surface area contributed by atoms with Gasteiger partial charge in [-0.15, -0.1) is 6.58 Å². The standard InChI is InChI=1S/C17H25NO4S2/c1-5-10-18-15-11-23(19,20)12-16(15)24(21,22)14-8-6-13(7-9-14)17(2,3)4/h5-9,15-16,18H,1,10-12H2,2-4H3/t15-,16-/m0/s1. The van der Waals surface area contributed by atoms with Crippen LogP contribution in [0.3, 0.4) is 0 Å². The highest BCUT2D eigenvalue weighted by Gasteiger charge is 2.45. The van der Waals surface area contributed by atoms with Crippen LogP contribution in [0.4, 0.5) is 0 Å². The average molecular weight is 372 g/mol. The fourth-order valence-electron chi connectivity index (χ4n) is 2.87. The third-order valence-electron chi connectivity index (χ3n) is 4.27. The van der Waals surface area contributed by atoms with Gasteiger partial charge in [0.2, 0.25) is 0 Å². The molecule has 1 fully saturated rings. The number of hydrogen-bond donors (Lipinski definition) is 1. The van der Waals surface area contributed by atoms with Crippen LogP contribution in [0.1, 0.15) is 26.3 Å². The lowest BCUT2D eigenvalue weighted by atomic mass is 9.87. The number of nitrogens with one attached hydrogen (secondary N) is 1. The maximum absolute atomic E-state index is 12.9. The fraction of sp³-hybridized carbons (Fsp3) is 0.529. The van der Waals surface area contributed by atoms with Crippen molar-refractivity contribution in [3.63, 3.8) is 0 Å². The molecule has 0 saturated carbocycles. The van der Waals surface area contributed by atoms with Gasteiger partial charge in [-0.05, 0) is 23.1 Å². The van der Waals surface area contributed by atoms with Crippen LogP contribution in [-0.4, -0.2) is 46.2 Å². The minimum Gasteiger partial charge on any atom is -0.308 e. The maximum atomic E-state index is 12.9. The Kier molecular flexibility index (Phi) is 5.28. The lowest BCUT2D eigenvalue weighted by Gasteiger charge is -2.21. The van der Waals surface area contributed by atoms with Crippen LogP contribution in [0.2, 0.25) is 0 Å². The summed E-state index contributed by atoms with van der Waals surface area (Å²) in [4.78, 5) is 0.169. The smallest absolute Gasteiger partial charge is 0.183 e. The summed E-state index contributed by atoms with van der Waals surface area (Å²) in [7, 11) is -7.10. The van der Waals surface area contributed by atoms with E-state index in [2.05, 4.69) is 32.7 Å². The van der Waals surface area contributed by atoms with E-state index in [-0.39, 0.29) is 21.8 Å². The van der Waals surface area contributed by atoms with Gasteiger partial charge in [-0.3, -0.25) is 0 Å². The Hall–Kier alpha value is -1.18. The highest BCUT2D eigenvalue weighted by Crippen LogP contribution is 2.28. The summed E-state index contributed by atoms with van der Waals surface area (Å²) in [6.45, 7) is 10.1. The van der Waals surface area contributed by atoms with Crippen LogP contribution in [0.15, 0.2) is 41.8 Å². The van der Waals surface area contributed by atoms with Crippen molar-refractivity contribution in [3.8, 4) is 0 Å². The summed E-state index contributed by atoms with van der Waals surface area (Å²) in [6.07, 6.45) is 1.59. The molecule has 0 radical (unpaired) electrons. The van der Waals surface area contributed by atoms with Gasteiger partial charge in [-0.1, -0.05) is 39.0 Å². The Bertz CT molecular complexity index is 803. The SMILES string of the molecule is C=CCN[C@H]1CS(=O)(=O)C[C@@H]1S(=O)(=O)c1ccc(C(C)(C)C)cc1. The molecule has 134 valence electrons. The van der Waals surface area contributed by atoms with Gasteiger partial charge in [0.15, 0.2) is 19.7 Å². The van der Waals surface area contributed by atoms with Crippen LogP contribution < -0.4 is 5.32 Å². The summed E-state index contributed by atoms with van der Waals surface area (Å²) >= 11 is 0. The first-order valence-electron chi connectivity index (χ1n) is 7.86. The van der Waals surface area contributed by atoms with E-state index in [1.807, 2.05) is 0 Å². The van der Waals surface area contributed by atoms with Crippen LogP contribution in [0.5, 0.6) is 0 Å². The largest absolute Gasteiger partial charge is 0.308 e. The van der Waals surface area contributed by atoms with E-state index in [1.54, 1.807) is 30.3 Å². The second-order valence-corrected chi connectivity index (χ2v) is 11.6. The summed E-state index contributed by atoms with van der Waals surface area (Å²) < 4.78 is 49.7. The second kappa shape index (κ2) is 6.61. The van der Waals surface area contributed by atoms with Gasteiger partial charge < -0.3 is 5.32 Å². The topological polar surface area (TPSA) is 80.3 Å². The van der Waals surface area contributed by atoms with Crippen LogP contribution in [-0.2, 0) is 25.1 Å². The Morgan fingerprint density at radius 3 is 2.29 bits per heavy atom. The molecule has 2 rings (SSSR count). The van der Waals surface area contributed by atoms with Gasteiger partial charge in [0.1, 0.15) is 0 Å². The molecule has 0 amide bonds. The van der Waals surface area contributed by atoms with E-state index >= 15 is 0 Å². The van der Waals surface area contributed by atoms with Gasteiger partial charge in [0, 0.05) is 12.6 Å². The van der Waals surface area contributed by atoms with E-state index in [0.29, 0.717) is 6.54 Å². The van der Waals surface area contributed by atoms with Crippen molar-refractivity contribution >= 4 is 19.7 Å². The van der Waals surface area contributed by atoms with Crippen LogP contribution in [0.25, 0.3) is 0 Å². The van der Waals surface area contributed by atoms with E-state index < -0.39 is 31.0 Å². The van der Waals surface area contributed by atoms with Crippen molar-refractivity contribution in [3.05, 3.63) is 42.5 Å². The van der Waals surface area contributed by atoms with Crippen molar-refractivity contribution < 1.29 is 16.8 Å². The first-order chi connectivity index (χ1) is 11.0. The molecule has 0 aromatic heterocycles. The van der Waals surface area contributed by atoms with Gasteiger partial charge >= 0.3 is 0 Å². The second-order valence-electron chi connectivity index (χ2n) is 7.24. The zero-order valence-electron chi connectivity index (χ0n) is 14.3. The fourth-order valence-corrected chi connectivity index (χ4v) is 7.58. The minimum absolute atomic E-state index is 0.0763. The lowest BCUT2D eigenvalue weighted by Crippen LogP contribution is -2.43. The van der Waals surface area contributed by atoms with Gasteiger partial charge in [0.25, 0.3) is 0 Å². The zero-order valence-corrected chi connectivity index (χ0v) is 16.0. The van der Waals surface area contributed by atoms with E-state index in [9.17, 15) is 16.8 Å². The van der Waals surface area contributed by atoms with E-state index in [4.69, 9.17) is 0 Å². The Morgan fingerprint density at radius 1 is 1.21 bits per heavy atom. The predicted octanol–water partition coefficient (Wildman–Crippen LogP) is 1.70. The molecular formula is C17H25NO4S2. The van der Waals surface area contributed by atoms with Crippen molar-refractivity contribution in [2.75, 3.05) is 18.1 Å². The third-order valence-corrected chi connectivity index (χ3v) is 8.44. The molecule has 5 nitrogen and oxygen atoms in total. The lowest BCUT2D eigenvalue weighted by molar-refractivity contribution is 0.543.